The van der Waals surface area contributed by atoms with E-state index in [0.717, 1.165) is 30.5 Å². The number of nitrogens with one attached hydrogen (secondary N) is 2. The molecule has 1 saturated carbocycles. The molecule has 0 radical (unpaired) electrons. The number of guanidine groups is 1. The number of hydrogen-bond donors (Lipinski definition) is 2. The maximum Gasteiger partial charge on any atom is 0.231 e. The van der Waals surface area contributed by atoms with Crippen LogP contribution in [0.3, 0.4) is 0 Å². The number of hydrogen-bond acceptors (Lipinski definition) is 5. The van der Waals surface area contributed by atoms with Crippen molar-refractivity contribution in [3.8, 4) is 11.5 Å². The van der Waals surface area contributed by atoms with Crippen molar-refractivity contribution in [1.82, 2.24) is 10.6 Å². The summed E-state index contributed by atoms with van der Waals surface area (Å²) >= 11 is 0. The lowest BCUT2D eigenvalue weighted by atomic mass is 9.69. The van der Waals surface area contributed by atoms with Crippen LogP contribution in [-0.2, 0) is 5.41 Å². The third kappa shape index (κ3) is 2.84. The molecule has 1 unspecified atom stereocenters. The van der Waals surface area contributed by atoms with Crippen molar-refractivity contribution in [2.45, 2.75) is 50.5 Å². The molecule has 4 rings (SSSR count). The number of fused-ring (bicyclic) bond motifs is 1. The van der Waals surface area contributed by atoms with E-state index in [2.05, 4.69) is 40.7 Å². The summed E-state index contributed by atoms with van der Waals surface area (Å²) in [5, 5.41) is 6.95. The predicted molar refractivity (Wildman–Crippen MR) is 90.2 cm³/mol. The van der Waals surface area contributed by atoms with E-state index in [1.165, 1.54) is 37.7 Å². The maximum absolute atomic E-state index is 5.59. The number of nitrogens with zero attached hydrogens (tertiary/aromatic N) is 1. The molecular weight excluding hydrogens is 290 g/mol. The van der Waals surface area contributed by atoms with Crippen molar-refractivity contribution in [1.29, 1.82) is 0 Å². The van der Waals surface area contributed by atoms with Crippen molar-refractivity contribution in [3.05, 3.63) is 23.8 Å². The zero-order chi connectivity index (χ0) is 15.7. The Morgan fingerprint density at radius 1 is 1.22 bits per heavy atom. The second-order valence-electron chi connectivity index (χ2n) is 7.00. The van der Waals surface area contributed by atoms with E-state index in [4.69, 9.17) is 9.47 Å². The Balaban J connectivity index is 1.56. The van der Waals surface area contributed by atoms with Crippen LogP contribution >= 0.6 is 0 Å². The molecule has 1 atom stereocenters. The van der Waals surface area contributed by atoms with Crippen LogP contribution in [0.15, 0.2) is 23.2 Å². The molecule has 0 spiro atoms. The van der Waals surface area contributed by atoms with Crippen molar-refractivity contribution in [2.75, 3.05) is 19.9 Å². The van der Waals surface area contributed by atoms with E-state index >= 15 is 0 Å². The van der Waals surface area contributed by atoms with Gasteiger partial charge in [0.1, 0.15) is 0 Å². The standard InChI is InChI=1S/C18H25N3O2/c1-13-10-19-17(21-13)20-11-18(7-3-2-4-8-18)14-5-6-15-16(9-14)23-12-22-15/h5-6,9,13H,2-4,7-8,10-12H2,1H3,(H2,19,20,21). The summed E-state index contributed by atoms with van der Waals surface area (Å²) in [6.45, 7) is 4.28. The normalized spacial score (nSPS) is 24.9. The van der Waals surface area contributed by atoms with Gasteiger partial charge < -0.3 is 20.1 Å². The number of benzene rings is 1. The fourth-order valence-electron chi connectivity index (χ4n) is 3.94. The minimum Gasteiger partial charge on any atom is -0.454 e. The van der Waals surface area contributed by atoms with Crippen LogP contribution in [0.5, 0.6) is 11.5 Å². The third-order valence-electron chi connectivity index (χ3n) is 5.30. The summed E-state index contributed by atoms with van der Waals surface area (Å²) in [4.78, 5) is 4.53. The molecule has 5 nitrogen and oxygen atoms in total. The lowest BCUT2D eigenvalue weighted by molar-refractivity contribution is 0.174. The summed E-state index contributed by atoms with van der Waals surface area (Å²) in [5.74, 6) is 2.70. The molecule has 0 saturated heterocycles. The second kappa shape index (κ2) is 5.95. The van der Waals surface area contributed by atoms with Gasteiger partial charge in [-0.25, -0.2) is 0 Å². The smallest absolute Gasteiger partial charge is 0.231 e. The minimum absolute atomic E-state index is 0.162. The van der Waals surface area contributed by atoms with Crippen LogP contribution in [0.4, 0.5) is 0 Å². The Morgan fingerprint density at radius 2 is 2.04 bits per heavy atom. The van der Waals surface area contributed by atoms with Crippen molar-refractivity contribution in [3.63, 3.8) is 0 Å². The van der Waals surface area contributed by atoms with Gasteiger partial charge in [0.05, 0.1) is 6.54 Å². The zero-order valence-electron chi connectivity index (χ0n) is 13.7. The van der Waals surface area contributed by atoms with Crippen LogP contribution in [0, 0.1) is 0 Å². The van der Waals surface area contributed by atoms with Gasteiger partial charge in [0.15, 0.2) is 17.5 Å². The molecule has 23 heavy (non-hydrogen) atoms. The Bertz CT molecular complexity index is 608. The van der Waals surface area contributed by atoms with E-state index in [1.54, 1.807) is 0 Å². The van der Waals surface area contributed by atoms with E-state index in [0.29, 0.717) is 12.8 Å². The molecule has 3 aliphatic rings. The summed E-state index contributed by atoms with van der Waals surface area (Å²) < 4.78 is 11.0. The Kier molecular flexibility index (Phi) is 3.79. The summed E-state index contributed by atoms with van der Waals surface area (Å²) in [6, 6.07) is 6.89. The Labute approximate surface area is 137 Å². The van der Waals surface area contributed by atoms with Crippen LogP contribution in [0.25, 0.3) is 0 Å². The van der Waals surface area contributed by atoms with Gasteiger partial charge in [0.2, 0.25) is 6.79 Å². The van der Waals surface area contributed by atoms with Gasteiger partial charge in [-0.15, -0.1) is 0 Å². The first-order valence-corrected chi connectivity index (χ1v) is 8.70. The Hall–Kier alpha value is -1.91. The van der Waals surface area contributed by atoms with E-state index in [9.17, 15) is 0 Å². The number of rotatable bonds is 3. The zero-order valence-corrected chi connectivity index (χ0v) is 13.7. The van der Waals surface area contributed by atoms with Crippen LogP contribution in [0.2, 0.25) is 0 Å². The molecule has 5 heteroatoms. The summed E-state index contributed by atoms with van der Waals surface area (Å²) in [7, 11) is 0. The second-order valence-corrected chi connectivity index (χ2v) is 7.00. The molecule has 1 aliphatic carbocycles. The average molecular weight is 315 g/mol. The van der Waals surface area contributed by atoms with Crippen molar-refractivity contribution in [2.24, 2.45) is 4.99 Å². The third-order valence-corrected chi connectivity index (χ3v) is 5.30. The van der Waals surface area contributed by atoms with Gasteiger partial charge >= 0.3 is 0 Å². The van der Waals surface area contributed by atoms with Gasteiger partial charge in [-0.05, 0) is 37.5 Å². The van der Waals surface area contributed by atoms with Crippen LogP contribution < -0.4 is 20.1 Å². The molecule has 124 valence electrons. The Morgan fingerprint density at radius 3 is 2.83 bits per heavy atom. The fourth-order valence-corrected chi connectivity index (χ4v) is 3.94. The highest BCUT2D eigenvalue weighted by molar-refractivity contribution is 5.81. The quantitative estimate of drug-likeness (QED) is 0.900. The summed E-state index contributed by atoms with van der Waals surface area (Å²) in [5.41, 5.74) is 1.52. The molecule has 0 amide bonds. The number of ether oxygens (including phenoxy) is 2. The highest BCUT2D eigenvalue weighted by atomic mass is 16.7. The van der Waals surface area contributed by atoms with E-state index < -0.39 is 0 Å². The maximum atomic E-state index is 5.59. The first kappa shape index (κ1) is 14.7. The van der Waals surface area contributed by atoms with Crippen molar-refractivity contribution >= 4 is 5.96 Å². The lowest BCUT2D eigenvalue weighted by Crippen LogP contribution is -2.46. The van der Waals surface area contributed by atoms with E-state index in [1.807, 2.05) is 0 Å². The first-order chi connectivity index (χ1) is 11.3. The van der Waals surface area contributed by atoms with Gasteiger partial charge in [-0.1, -0.05) is 25.3 Å². The molecule has 0 aromatic heterocycles. The lowest BCUT2D eigenvalue weighted by Gasteiger charge is -2.38. The van der Waals surface area contributed by atoms with Crippen molar-refractivity contribution < 1.29 is 9.47 Å². The molecule has 2 aliphatic heterocycles. The fraction of sp³-hybridized carbons (Fsp3) is 0.611. The summed E-state index contributed by atoms with van der Waals surface area (Å²) in [6.07, 6.45) is 6.33. The highest BCUT2D eigenvalue weighted by Crippen LogP contribution is 2.43. The van der Waals surface area contributed by atoms with Gasteiger partial charge in [0, 0.05) is 18.0 Å². The average Bonchev–Trinajstić information content (AvgIpc) is 3.21. The molecule has 1 aromatic carbocycles. The monoisotopic (exact) mass is 315 g/mol. The van der Waals surface area contributed by atoms with Gasteiger partial charge in [-0.3, -0.25) is 4.99 Å². The molecule has 2 heterocycles. The van der Waals surface area contributed by atoms with E-state index in [-0.39, 0.29) is 5.41 Å². The highest BCUT2D eigenvalue weighted by Gasteiger charge is 2.35. The molecule has 0 bridgehead atoms. The van der Waals surface area contributed by atoms with Crippen LogP contribution in [0.1, 0.15) is 44.6 Å². The molecule has 1 aromatic rings. The number of aliphatic imine (C=N–C) groups is 1. The minimum atomic E-state index is 0.162. The SMILES string of the molecule is CC1CN=C(NCC2(c3ccc4c(c3)OCO4)CCCCC2)N1. The first-order valence-electron chi connectivity index (χ1n) is 8.70. The molecular formula is C18H25N3O2. The predicted octanol–water partition coefficient (Wildman–Crippen LogP) is 2.55. The topological polar surface area (TPSA) is 54.9 Å². The van der Waals surface area contributed by atoms with Gasteiger partial charge in [0.25, 0.3) is 0 Å². The van der Waals surface area contributed by atoms with Crippen LogP contribution in [-0.4, -0.2) is 31.9 Å². The molecule has 2 N–H and O–H groups in total. The molecule has 1 fully saturated rings. The van der Waals surface area contributed by atoms with Gasteiger partial charge in [-0.2, -0.15) is 0 Å². The largest absolute Gasteiger partial charge is 0.454 e.